The minimum absolute atomic E-state index is 0.0867. The first-order valence-corrected chi connectivity index (χ1v) is 7.29. The second-order valence-corrected chi connectivity index (χ2v) is 5.51. The van der Waals surface area contributed by atoms with Gasteiger partial charge in [-0.05, 0) is 38.1 Å². The van der Waals surface area contributed by atoms with Crippen molar-refractivity contribution in [3.05, 3.63) is 28.8 Å². The fourth-order valence-corrected chi connectivity index (χ4v) is 2.79. The Kier molecular flexibility index (Phi) is 4.48. The minimum atomic E-state index is 0.0867. The molecule has 0 spiro atoms. The highest BCUT2D eigenvalue weighted by molar-refractivity contribution is 5.48. The number of rotatable bonds is 4. The molecule has 0 fully saturated rings. The van der Waals surface area contributed by atoms with Gasteiger partial charge in [0.2, 0.25) is 0 Å². The van der Waals surface area contributed by atoms with E-state index in [2.05, 4.69) is 44.7 Å². The first kappa shape index (κ1) is 14.4. The quantitative estimate of drug-likeness (QED) is 0.906. The molecule has 19 heavy (non-hydrogen) atoms. The van der Waals surface area contributed by atoms with Crippen LogP contribution in [0, 0.1) is 19.8 Å². The molecule has 3 heteroatoms. The maximum absolute atomic E-state index is 6.46. The van der Waals surface area contributed by atoms with Crippen molar-refractivity contribution < 1.29 is 4.74 Å². The maximum Gasteiger partial charge on any atom is 0.127 e. The van der Waals surface area contributed by atoms with Crippen LogP contribution in [-0.2, 0) is 0 Å². The lowest BCUT2D eigenvalue weighted by molar-refractivity contribution is 0.144. The Morgan fingerprint density at radius 1 is 1.26 bits per heavy atom. The molecule has 1 aromatic rings. The Balaban J connectivity index is 2.20. The summed E-state index contributed by atoms with van der Waals surface area (Å²) in [7, 11) is 0. The van der Waals surface area contributed by atoms with Crippen LogP contribution in [-0.4, -0.2) is 31.1 Å². The Bertz CT molecular complexity index is 441. The molecule has 3 nitrogen and oxygen atoms in total. The van der Waals surface area contributed by atoms with E-state index in [-0.39, 0.29) is 6.04 Å². The zero-order chi connectivity index (χ0) is 14.0. The highest BCUT2D eigenvalue weighted by Crippen LogP contribution is 2.37. The van der Waals surface area contributed by atoms with Crippen LogP contribution in [0.5, 0.6) is 5.75 Å². The second kappa shape index (κ2) is 5.93. The van der Waals surface area contributed by atoms with Crippen molar-refractivity contribution in [2.45, 2.75) is 33.7 Å². The highest BCUT2D eigenvalue weighted by Gasteiger charge is 2.30. The smallest absolute Gasteiger partial charge is 0.127 e. The van der Waals surface area contributed by atoms with Crippen molar-refractivity contribution in [2.75, 3.05) is 26.2 Å². The van der Waals surface area contributed by atoms with Gasteiger partial charge in [0.15, 0.2) is 0 Å². The van der Waals surface area contributed by atoms with Gasteiger partial charge in [0, 0.05) is 24.1 Å². The van der Waals surface area contributed by atoms with E-state index >= 15 is 0 Å². The van der Waals surface area contributed by atoms with Crippen LogP contribution in [0.1, 0.15) is 36.6 Å². The van der Waals surface area contributed by atoms with Crippen LogP contribution in [0.15, 0.2) is 12.1 Å². The molecule has 2 N–H and O–H groups in total. The number of aryl methyl sites for hydroxylation is 1. The number of hydrogen-bond acceptors (Lipinski definition) is 3. The normalized spacial score (nSPS) is 22.2. The fraction of sp³-hybridized carbons (Fsp3) is 0.625. The standard InChI is InChI=1S/C16H26N2O/c1-5-18(6-2)9-13-10-19-16-12(4)11(3)7-8-14(16)15(13)17/h7-8,13,15H,5-6,9-10,17H2,1-4H3. The third kappa shape index (κ3) is 2.77. The Morgan fingerprint density at radius 2 is 1.95 bits per heavy atom. The van der Waals surface area contributed by atoms with Crippen LogP contribution >= 0.6 is 0 Å². The van der Waals surface area contributed by atoms with E-state index in [0.29, 0.717) is 5.92 Å². The summed E-state index contributed by atoms with van der Waals surface area (Å²) in [6, 6.07) is 4.37. The summed E-state index contributed by atoms with van der Waals surface area (Å²) in [5, 5.41) is 0. The van der Waals surface area contributed by atoms with Crippen molar-refractivity contribution in [1.29, 1.82) is 0 Å². The zero-order valence-corrected chi connectivity index (χ0v) is 12.6. The molecule has 1 aromatic carbocycles. The minimum Gasteiger partial charge on any atom is -0.493 e. The van der Waals surface area contributed by atoms with Gasteiger partial charge >= 0.3 is 0 Å². The lowest BCUT2D eigenvalue weighted by Crippen LogP contribution is -2.40. The van der Waals surface area contributed by atoms with Crippen LogP contribution < -0.4 is 10.5 Å². The molecule has 0 aliphatic carbocycles. The van der Waals surface area contributed by atoms with Crippen molar-refractivity contribution in [3.8, 4) is 5.75 Å². The summed E-state index contributed by atoms with van der Waals surface area (Å²) in [5.41, 5.74) is 10.1. The van der Waals surface area contributed by atoms with Crippen molar-refractivity contribution >= 4 is 0 Å². The first-order valence-electron chi connectivity index (χ1n) is 7.29. The summed E-state index contributed by atoms with van der Waals surface area (Å²) in [4.78, 5) is 2.42. The van der Waals surface area contributed by atoms with Crippen molar-refractivity contribution in [2.24, 2.45) is 11.7 Å². The van der Waals surface area contributed by atoms with E-state index in [9.17, 15) is 0 Å². The summed E-state index contributed by atoms with van der Waals surface area (Å²) < 4.78 is 6.00. The van der Waals surface area contributed by atoms with E-state index < -0.39 is 0 Å². The molecule has 0 bridgehead atoms. The lowest BCUT2D eigenvalue weighted by atomic mass is 9.88. The summed E-state index contributed by atoms with van der Waals surface area (Å²) in [6.07, 6.45) is 0. The molecule has 2 atom stereocenters. The van der Waals surface area contributed by atoms with E-state index in [4.69, 9.17) is 10.5 Å². The van der Waals surface area contributed by atoms with Gasteiger partial charge in [0.05, 0.1) is 6.61 Å². The maximum atomic E-state index is 6.46. The largest absolute Gasteiger partial charge is 0.493 e. The van der Waals surface area contributed by atoms with Gasteiger partial charge < -0.3 is 15.4 Å². The fourth-order valence-electron chi connectivity index (χ4n) is 2.79. The predicted octanol–water partition coefficient (Wildman–Crippen LogP) is 2.65. The van der Waals surface area contributed by atoms with E-state index in [1.54, 1.807) is 0 Å². The SMILES string of the molecule is CCN(CC)CC1COc2c(ccc(C)c2C)C1N. The second-order valence-electron chi connectivity index (χ2n) is 5.51. The summed E-state index contributed by atoms with van der Waals surface area (Å²) in [6.45, 7) is 12.5. The Morgan fingerprint density at radius 3 is 2.58 bits per heavy atom. The topological polar surface area (TPSA) is 38.5 Å². The van der Waals surface area contributed by atoms with Gasteiger partial charge in [-0.3, -0.25) is 0 Å². The number of benzene rings is 1. The average Bonchev–Trinajstić information content (AvgIpc) is 2.42. The van der Waals surface area contributed by atoms with Gasteiger partial charge in [-0.25, -0.2) is 0 Å². The molecule has 106 valence electrons. The first-order chi connectivity index (χ1) is 9.08. The van der Waals surface area contributed by atoms with Gasteiger partial charge in [0.1, 0.15) is 5.75 Å². The van der Waals surface area contributed by atoms with Gasteiger partial charge in [0.25, 0.3) is 0 Å². The molecule has 0 saturated heterocycles. The van der Waals surface area contributed by atoms with Gasteiger partial charge in [-0.2, -0.15) is 0 Å². The summed E-state index contributed by atoms with van der Waals surface area (Å²) >= 11 is 0. The lowest BCUT2D eigenvalue weighted by Gasteiger charge is -2.35. The Hall–Kier alpha value is -1.06. The summed E-state index contributed by atoms with van der Waals surface area (Å²) in [5.74, 6) is 1.40. The molecular formula is C16H26N2O. The van der Waals surface area contributed by atoms with E-state index in [1.807, 2.05) is 0 Å². The van der Waals surface area contributed by atoms with Crippen LogP contribution in [0.25, 0.3) is 0 Å². The third-order valence-electron chi connectivity index (χ3n) is 4.40. The third-order valence-corrected chi connectivity index (χ3v) is 4.40. The van der Waals surface area contributed by atoms with Gasteiger partial charge in [-0.15, -0.1) is 0 Å². The molecule has 0 saturated carbocycles. The van der Waals surface area contributed by atoms with Crippen molar-refractivity contribution in [1.82, 2.24) is 4.90 Å². The van der Waals surface area contributed by atoms with Crippen LogP contribution in [0.3, 0.4) is 0 Å². The molecule has 0 aromatic heterocycles. The molecule has 2 unspecified atom stereocenters. The number of nitrogens with two attached hydrogens (primary N) is 1. The van der Waals surface area contributed by atoms with E-state index in [0.717, 1.165) is 32.0 Å². The number of nitrogens with zero attached hydrogens (tertiary/aromatic N) is 1. The number of ether oxygens (including phenoxy) is 1. The molecule has 1 heterocycles. The zero-order valence-electron chi connectivity index (χ0n) is 12.6. The number of fused-ring (bicyclic) bond motifs is 1. The monoisotopic (exact) mass is 262 g/mol. The molecular weight excluding hydrogens is 236 g/mol. The molecule has 0 amide bonds. The van der Waals surface area contributed by atoms with Crippen LogP contribution in [0.2, 0.25) is 0 Å². The molecule has 2 rings (SSSR count). The number of hydrogen-bond donors (Lipinski definition) is 1. The average molecular weight is 262 g/mol. The molecule has 0 radical (unpaired) electrons. The molecule has 1 aliphatic rings. The van der Waals surface area contributed by atoms with E-state index in [1.165, 1.54) is 16.7 Å². The van der Waals surface area contributed by atoms with Crippen LogP contribution in [0.4, 0.5) is 0 Å². The predicted molar refractivity (Wildman–Crippen MR) is 79.6 cm³/mol. The van der Waals surface area contributed by atoms with Gasteiger partial charge in [-0.1, -0.05) is 26.0 Å². The molecule has 1 aliphatic heterocycles. The Labute approximate surface area is 116 Å². The highest BCUT2D eigenvalue weighted by atomic mass is 16.5. The van der Waals surface area contributed by atoms with Crippen molar-refractivity contribution in [3.63, 3.8) is 0 Å².